The van der Waals surface area contributed by atoms with E-state index in [9.17, 15) is 4.79 Å². The fraction of sp³-hybridized carbons (Fsp3) is 0.409. The van der Waals surface area contributed by atoms with Gasteiger partial charge in [-0.25, -0.2) is 0 Å². The number of carbonyl (C=O) groups excluding carboxylic acids is 1. The molecule has 0 saturated heterocycles. The van der Waals surface area contributed by atoms with Crippen LogP contribution in [0.25, 0.3) is 0 Å². The van der Waals surface area contributed by atoms with Crippen molar-refractivity contribution in [3.63, 3.8) is 0 Å². The summed E-state index contributed by atoms with van der Waals surface area (Å²) >= 11 is 3.55. The third-order valence-corrected chi connectivity index (χ3v) is 4.32. The molecule has 2 aromatic rings. The first-order chi connectivity index (χ1) is 13.3. The van der Waals surface area contributed by atoms with Gasteiger partial charge >= 0.3 is 0 Å². The van der Waals surface area contributed by atoms with Crippen molar-refractivity contribution in [2.24, 2.45) is 0 Å². The lowest BCUT2D eigenvalue weighted by molar-refractivity contribution is -0.124. The predicted molar refractivity (Wildman–Crippen MR) is 123 cm³/mol. The monoisotopic (exact) mass is 484 g/mol. The van der Waals surface area contributed by atoms with Crippen molar-refractivity contribution >= 4 is 34.2 Å². The molecule has 0 spiro atoms. The SMILES string of the molecule is CCOc1cc(CNCc2ccccc2)cc(Br)c1OCC(=O)NC(C)(C)C.Cl. The second kappa shape index (κ2) is 12.1. The largest absolute Gasteiger partial charge is 0.490 e. The molecule has 0 fully saturated rings. The van der Waals surface area contributed by atoms with Gasteiger partial charge in [-0.3, -0.25) is 4.79 Å². The summed E-state index contributed by atoms with van der Waals surface area (Å²) < 4.78 is 12.3. The molecule has 0 heterocycles. The first kappa shape index (κ1) is 25.3. The number of amides is 1. The molecule has 0 radical (unpaired) electrons. The number of hydrogen-bond donors (Lipinski definition) is 2. The zero-order chi connectivity index (χ0) is 20.6. The zero-order valence-corrected chi connectivity index (χ0v) is 19.8. The summed E-state index contributed by atoms with van der Waals surface area (Å²) in [6.07, 6.45) is 0. The average molecular weight is 486 g/mol. The lowest BCUT2D eigenvalue weighted by Gasteiger charge is -2.21. The molecule has 1 amide bonds. The van der Waals surface area contributed by atoms with Crippen LogP contribution < -0.4 is 20.1 Å². The normalized spacial score (nSPS) is 10.8. The first-order valence-corrected chi connectivity index (χ1v) is 10.2. The molecule has 0 saturated carbocycles. The van der Waals surface area contributed by atoms with Crippen molar-refractivity contribution in [2.75, 3.05) is 13.2 Å². The number of nitrogens with one attached hydrogen (secondary N) is 2. The minimum absolute atomic E-state index is 0. The maximum Gasteiger partial charge on any atom is 0.258 e. The molecule has 0 aromatic heterocycles. The molecule has 0 bridgehead atoms. The summed E-state index contributed by atoms with van der Waals surface area (Å²) in [7, 11) is 0. The summed E-state index contributed by atoms with van der Waals surface area (Å²) in [5.41, 5.74) is 2.00. The van der Waals surface area contributed by atoms with Crippen LogP contribution in [-0.2, 0) is 17.9 Å². The van der Waals surface area contributed by atoms with Gasteiger partial charge in [0.25, 0.3) is 5.91 Å². The topological polar surface area (TPSA) is 59.6 Å². The highest BCUT2D eigenvalue weighted by atomic mass is 79.9. The second-order valence-corrected chi connectivity index (χ2v) is 8.37. The lowest BCUT2D eigenvalue weighted by atomic mass is 10.1. The number of carbonyl (C=O) groups is 1. The quantitative estimate of drug-likeness (QED) is 0.533. The molecule has 0 aliphatic heterocycles. The molecule has 29 heavy (non-hydrogen) atoms. The van der Waals surface area contributed by atoms with Crippen LogP contribution in [0.4, 0.5) is 0 Å². The van der Waals surface area contributed by atoms with Crippen LogP contribution in [0.3, 0.4) is 0 Å². The van der Waals surface area contributed by atoms with Crippen LogP contribution in [0.2, 0.25) is 0 Å². The third-order valence-electron chi connectivity index (χ3n) is 3.73. The Morgan fingerprint density at radius 1 is 1.03 bits per heavy atom. The number of ether oxygens (including phenoxy) is 2. The Hall–Kier alpha value is -1.76. The maximum atomic E-state index is 12.1. The van der Waals surface area contributed by atoms with Gasteiger partial charge in [0, 0.05) is 18.6 Å². The fourth-order valence-electron chi connectivity index (χ4n) is 2.67. The van der Waals surface area contributed by atoms with Gasteiger partial charge in [-0.15, -0.1) is 12.4 Å². The van der Waals surface area contributed by atoms with Crippen LogP contribution in [0.5, 0.6) is 11.5 Å². The second-order valence-electron chi connectivity index (χ2n) is 7.51. The van der Waals surface area contributed by atoms with Crippen molar-refractivity contribution < 1.29 is 14.3 Å². The van der Waals surface area contributed by atoms with E-state index in [1.54, 1.807) is 0 Å². The Balaban J connectivity index is 0.00000420. The summed E-state index contributed by atoms with van der Waals surface area (Å²) in [6.45, 7) is 9.65. The van der Waals surface area contributed by atoms with Gasteiger partial charge < -0.3 is 20.1 Å². The molecule has 2 aromatic carbocycles. The Morgan fingerprint density at radius 3 is 2.31 bits per heavy atom. The van der Waals surface area contributed by atoms with Crippen molar-refractivity contribution in [3.05, 3.63) is 58.1 Å². The van der Waals surface area contributed by atoms with Crippen molar-refractivity contribution in [1.82, 2.24) is 10.6 Å². The van der Waals surface area contributed by atoms with Gasteiger partial charge in [0.15, 0.2) is 18.1 Å². The Morgan fingerprint density at radius 2 is 1.69 bits per heavy atom. The van der Waals surface area contributed by atoms with Crippen molar-refractivity contribution in [2.45, 2.75) is 46.3 Å². The number of benzene rings is 2. The van der Waals surface area contributed by atoms with E-state index in [1.165, 1.54) is 5.56 Å². The van der Waals surface area contributed by atoms with Gasteiger partial charge in [-0.2, -0.15) is 0 Å². The Bertz CT molecular complexity index is 780. The molecule has 0 unspecified atom stereocenters. The highest BCUT2D eigenvalue weighted by molar-refractivity contribution is 9.10. The highest BCUT2D eigenvalue weighted by Crippen LogP contribution is 2.37. The molecule has 0 aliphatic carbocycles. The molecular formula is C22H30BrClN2O3. The van der Waals surface area contributed by atoms with E-state index in [0.29, 0.717) is 24.7 Å². The average Bonchev–Trinajstić information content (AvgIpc) is 2.61. The molecule has 160 valence electrons. The smallest absolute Gasteiger partial charge is 0.258 e. The van der Waals surface area contributed by atoms with Crippen molar-refractivity contribution in [3.8, 4) is 11.5 Å². The van der Waals surface area contributed by atoms with E-state index >= 15 is 0 Å². The highest BCUT2D eigenvalue weighted by Gasteiger charge is 2.17. The third kappa shape index (κ3) is 9.07. The predicted octanol–water partition coefficient (Wildman–Crippen LogP) is 4.85. The van der Waals surface area contributed by atoms with Gasteiger partial charge in [-0.1, -0.05) is 30.3 Å². The molecule has 0 aliphatic rings. The van der Waals surface area contributed by atoms with Crippen LogP contribution >= 0.6 is 28.3 Å². The van der Waals surface area contributed by atoms with E-state index in [-0.39, 0.29) is 30.5 Å². The van der Waals surface area contributed by atoms with E-state index in [2.05, 4.69) is 38.7 Å². The van der Waals surface area contributed by atoms with Gasteiger partial charge in [0.05, 0.1) is 11.1 Å². The minimum Gasteiger partial charge on any atom is -0.490 e. The maximum absolute atomic E-state index is 12.1. The van der Waals surface area contributed by atoms with Crippen LogP contribution in [0, 0.1) is 0 Å². The Labute approximate surface area is 188 Å². The van der Waals surface area contributed by atoms with E-state index in [0.717, 1.165) is 16.6 Å². The van der Waals surface area contributed by atoms with Gasteiger partial charge in [0.2, 0.25) is 0 Å². The Kier molecular flexibility index (Phi) is 10.5. The number of rotatable bonds is 9. The summed E-state index contributed by atoms with van der Waals surface area (Å²) in [5, 5.41) is 6.31. The molecule has 2 N–H and O–H groups in total. The van der Waals surface area contributed by atoms with Crippen molar-refractivity contribution in [1.29, 1.82) is 0 Å². The standard InChI is InChI=1S/C22H29BrN2O3.ClH/c1-5-27-19-12-17(14-24-13-16-9-7-6-8-10-16)11-18(23)21(19)28-15-20(26)25-22(2,3)4;/h6-12,24H,5,13-15H2,1-4H3,(H,25,26);1H. The van der Waals surface area contributed by atoms with E-state index in [4.69, 9.17) is 9.47 Å². The molecule has 5 nitrogen and oxygen atoms in total. The summed E-state index contributed by atoms with van der Waals surface area (Å²) in [4.78, 5) is 12.1. The molecule has 2 rings (SSSR count). The van der Waals surface area contributed by atoms with Crippen LogP contribution in [-0.4, -0.2) is 24.7 Å². The van der Waals surface area contributed by atoms with E-state index in [1.807, 2.05) is 58.0 Å². The number of halogens is 2. The molecular weight excluding hydrogens is 456 g/mol. The minimum atomic E-state index is -0.297. The molecule has 7 heteroatoms. The summed E-state index contributed by atoms with van der Waals surface area (Å²) in [6, 6.07) is 14.2. The number of hydrogen-bond acceptors (Lipinski definition) is 4. The fourth-order valence-corrected chi connectivity index (χ4v) is 3.27. The lowest BCUT2D eigenvalue weighted by Crippen LogP contribution is -2.43. The van der Waals surface area contributed by atoms with E-state index < -0.39 is 0 Å². The molecule has 0 atom stereocenters. The van der Waals surface area contributed by atoms with Gasteiger partial charge in [0.1, 0.15) is 0 Å². The summed E-state index contributed by atoms with van der Waals surface area (Å²) in [5.74, 6) is 0.991. The zero-order valence-electron chi connectivity index (χ0n) is 17.4. The first-order valence-electron chi connectivity index (χ1n) is 9.42. The van der Waals surface area contributed by atoms with Crippen LogP contribution in [0.15, 0.2) is 46.9 Å². The van der Waals surface area contributed by atoms with Crippen LogP contribution in [0.1, 0.15) is 38.8 Å². The van der Waals surface area contributed by atoms with Gasteiger partial charge in [-0.05, 0) is 66.9 Å².